The lowest BCUT2D eigenvalue weighted by molar-refractivity contribution is 0.0879. The first-order valence-corrected chi connectivity index (χ1v) is 6.12. The van der Waals surface area contributed by atoms with Crippen molar-refractivity contribution in [2.75, 3.05) is 0 Å². The minimum atomic E-state index is -1.79. The molecule has 7 heteroatoms. The summed E-state index contributed by atoms with van der Waals surface area (Å²) in [7, 11) is -1.79. The fourth-order valence-corrected chi connectivity index (χ4v) is 2.28. The van der Waals surface area contributed by atoms with Gasteiger partial charge in [0, 0.05) is 0 Å². The molecule has 1 aliphatic heterocycles. The molecule has 0 atom stereocenters. The number of hydrogen-bond acceptors (Lipinski definition) is 4. The van der Waals surface area contributed by atoms with Crippen LogP contribution in [0.2, 0.25) is 0 Å². The summed E-state index contributed by atoms with van der Waals surface area (Å²) in [4.78, 5) is 23.1. The van der Waals surface area contributed by atoms with Gasteiger partial charge in [0.2, 0.25) is 0 Å². The largest absolute Gasteiger partial charge is 0.488 e. The lowest BCUT2D eigenvalue weighted by Gasteiger charge is -2.07. The molecule has 1 aliphatic rings. The zero-order chi connectivity index (χ0) is 15.1. The van der Waals surface area contributed by atoms with Gasteiger partial charge >= 0.3 is 7.12 Å². The van der Waals surface area contributed by atoms with E-state index in [2.05, 4.69) is 5.32 Å². The number of rotatable bonds is 2. The Morgan fingerprint density at radius 1 is 0.905 bits per heavy atom. The van der Waals surface area contributed by atoms with E-state index in [4.69, 9.17) is 10.0 Å². The van der Waals surface area contributed by atoms with Gasteiger partial charge in [-0.05, 0) is 40.9 Å². The van der Waals surface area contributed by atoms with Gasteiger partial charge in [-0.15, -0.1) is 0 Å². The standard InChI is InChI=1S/C14H9BFNO4/c16-10-4-8(3-9(6-10)15(20)21)7-1-2-11-12(5-7)14(19)17-13(11)18/h1-6,20-21H,(H,17,18,19). The van der Waals surface area contributed by atoms with Gasteiger partial charge in [-0.1, -0.05) is 12.1 Å². The highest BCUT2D eigenvalue weighted by Crippen LogP contribution is 2.25. The molecule has 0 spiro atoms. The maximum atomic E-state index is 13.5. The Morgan fingerprint density at radius 2 is 1.62 bits per heavy atom. The molecule has 3 rings (SSSR count). The van der Waals surface area contributed by atoms with E-state index < -0.39 is 24.7 Å². The fourth-order valence-electron chi connectivity index (χ4n) is 2.28. The molecule has 0 aliphatic carbocycles. The second-order valence-corrected chi connectivity index (χ2v) is 4.69. The van der Waals surface area contributed by atoms with E-state index in [0.29, 0.717) is 11.1 Å². The molecule has 0 bridgehead atoms. The van der Waals surface area contributed by atoms with Crippen molar-refractivity contribution in [1.82, 2.24) is 5.32 Å². The normalized spacial score (nSPS) is 13.1. The molecule has 0 aromatic heterocycles. The van der Waals surface area contributed by atoms with Crippen LogP contribution in [0.1, 0.15) is 20.7 Å². The van der Waals surface area contributed by atoms with Crippen LogP contribution in [0.4, 0.5) is 4.39 Å². The molecule has 1 heterocycles. The van der Waals surface area contributed by atoms with Crippen LogP contribution in [0.15, 0.2) is 36.4 Å². The molecule has 104 valence electrons. The number of carbonyl (C=O) groups is 2. The molecule has 0 saturated carbocycles. The summed E-state index contributed by atoms with van der Waals surface area (Å²) in [6.07, 6.45) is 0. The van der Waals surface area contributed by atoms with Crippen molar-refractivity contribution in [2.45, 2.75) is 0 Å². The molecule has 0 unspecified atom stereocenters. The quantitative estimate of drug-likeness (QED) is 0.538. The average Bonchev–Trinajstić information content (AvgIpc) is 2.73. The Hall–Kier alpha value is -2.51. The molecule has 0 radical (unpaired) electrons. The van der Waals surface area contributed by atoms with E-state index in [1.54, 1.807) is 6.07 Å². The zero-order valence-corrected chi connectivity index (χ0v) is 10.6. The summed E-state index contributed by atoms with van der Waals surface area (Å²) < 4.78 is 13.5. The summed E-state index contributed by atoms with van der Waals surface area (Å²) >= 11 is 0. The van der Waals surface area contributed by atoms with Crippen LogP contribution in [0.5, 0.6) is 0 Å². The van der Waals surface area contributed by atoms with Crippen LogP contribution in [0, 0.1) is 5.82 Å². The Bertz CT molecular complexity index is 776. The summed E-state index contributed by atoms with van der Waals surface area (Å²) in [6, 6.07) is 8.15. The SMILES string of the molecule is O=C1NC(=O)c2cc(-c3cc(F)cc(B(O)O)c3)ccc21. The summed E-state index contributed by atoms with van der Waals surface area (Å²) in [5.41, 5.74) is 1.37. The van der Waals surface area contributed by atoms with Crippen molar-refractivity contribution in [3.8, 4) is 11.1 Å². The smallest absolute Gasteiger partial charge is 0.423 e. The van der Waals surface area contributed by atoms with Gasteiger partial charge in [0.25, 0.3) is 11.8 Å². The van der Waals surface area contributed by atoms with E-state index >= 15 is 0 Å². The molecule has 3 N–H and O–H groups in total. The van der Waals surface area contributed by atoms with Crippen LogP contribution in [0.25, 0.3) is 11.1 Å². The Kier molecular flexibility index (Phi) is 3.08. The summed E-state index contributed by atoms with van der Waals surface area (Å²) in [5.74, 6) is -1.60. The zero-order valence-electron chi connectivity index (χ0n) is 10.6. The molecule has 0 saturated heterocycles. The summed E-state index contributed by atoms with van der Waals surface area (Å²) in [5, 5.41) is 20.4. The van der Waals surface area contributed by atoms with Gasteiger partial charge in [-0.25, -0.2) is 4.39 Å². The maximum Gasteiger partial charge on any atom is 0.488 e. The van der Waals surface area contributed by atoms with Gasteiger partial charge < -0.3 is 10.0 Å². The van der Waals surface area contributed by atoms with E-state index in [9.17, 15) is 14.0 Å². The monoisotopic (exact) mass is 285 g/mol. The molecular formula is C14H9BFNO4. The van der Waals surface area contributed by atoms with Crippen LogP contribution >= 0.6 is 0 Å². The van der Waals surface area contributed by atoms with Crippen molar-refractivity contribution < 1.29 is 24.0 Å². The van der Waals surface area contributed by atoms with Crippen molar-refractivity contribution in [3.05, 3.63) is 53.3 Å². The highest BCUT2D eigenvalue weighted by molar-refractivity contribution is 6.58. The Morgan fingerprint density at radius 3 is 2.33 bits per heavy atom. The van der Waals surface area contributed by atoms with Crippen LogP contribution in [-0.2, 0) is 0 Å². The third-order valence-electron chi connectivity index (χ3n) is 3.29. The number of benzene rings is 2. The van der Waals surface area contributed by atoms with Gasteiger partial charge in [-0.3, -0.25) is 14.9 Å². The highest BCUT2D eigenvalue weighted by atomic mass is 19.1. The maximum absolute atomic E-state index is 13.5. The number of imide groups is 1. The summed E-state index contributed by atoms with van der Waals surface area (Å²) in [6.45, 7) is 0. The lowest BCUT2D eigenvalue weighted by atomic mass is 9.79. The third kappa shape index (κ3) is 2.33. The van der Waals surface area contributed by atoms with Crippen LogP contribution < -0.4 is 10.8 Å². The predicted octanol–water partition coefficient (Wildman–Crippen LogP) is 0.0561. The molecule has 2 aromatic rings. The van der Waals surface area contributed by atoms with Crippen molar-refractivity contribution in [3.63, 3.8) is 0 Å². The van der Waals surface area contributed by atoms with Gasteiger partial charge in [0.05, 0.1) is 11.1 Å². The Labute approximate surface area is 119 Å². The lowest BCUT2D eigenvalue weighted by Crippen LogP contribution is -2.30. The molecule has 5 nitrogen and oxygen atoms in total. The molecule has 21 heavy (non-hydrogen) atoms. The second kappa shape index (κ2) is 4.80. The predicted molar refractivity (Wildman–Crippen MR) is 73.5 cm³/mol. The first kappa shape index (κ1) is 13.5. The van der Waals surface area contributed by atoms with E-state index in [1.165, 1.54) is 24.3 Å². The minimum Gasteiger partial charge on any atom is -0.423 e. The second-order valence-electron chi connectivity index (χ2n) is 4.69. The topological polar surface area (TPSA) is 86.6 Å². The Balaban J connectivity index is 2.12. The van der Waals surface area contributed by atoms with Crippen LogP contribution in [-0.4, -0.2) is 29.0 Å². The first-order valence-electron chi connectivity index (χ1n) is 6.12. The van der Waals surface area contributed by atoms with Crippen molar-refractivity contribution >= 4 is 24.4 Å². The number of fused-ring (bicyclic) bond motifs is 1. The highest BCUT2D eigenvalue weighted by Gasteiger charge is 2.27. The number of halogens is 1. The van der Waals surface area contributed by atoms with E-state index in [0.717, 1.165) is 6.07 Å². The number of nitrogens with one attached hydrogen (secondary N) is 1. The molecular weight excluding hydrogens is 276 g/mol. The van der Waals surface area contributed by atoms with Crippen LogP contribution in [0.3, 0.4) is 0 Å². The van der Waals surface area contributed by atoms with Gasteiger partial charge in [-0.2, -0.15) is 0 Å². The third-order valence-corrected chi connectivity index (χ3v) is 3.29. The van der Waals surface area contributed by atoms with E-state index in [1.807, 2.05) is 0 Å². The molecule has 2 amide bonds. The number of amides is 2. The average molecular weight is 285 g/mol. The van der Waals surface area contributed by atoms with E-state index in [-0.39, 0.29) is 16.6 Å². The minimum absolute atomic E-state index is 0.00558. The molecule has 2 aromatic carbocycles. The number of hydrogen-bond donors (Lipinski definition) is 3. The number of carbonyl (C=O) groups excluding carboxylic acids is 2. The molecule has 0 fully saturated rings. The first-order chi connectivity index (χ1) is 9.95. The van der Waals surface area contributed by atoms with Gasteiger partial charge in [0.15, 0.2) is 0 Å². The fraction of sp³-hybridized carbons (Fsp3) is 0. The van der Waals surface area contributed by atoms with Gasteiger partial charge in [0.1, 0.15) is 5.82 Å². The van der Waals surface area contributed by atoms with Crippen molar-refractivity contribution in [2.24, 2.45) is 0 Å². The van der Waals surface area contributed by atoms with Crippen molar-refractivity contribution in [1.29, 1.82) is 0 Å².